The van der Waals surface area contributed by atoms with E-state index in [1.807, 2.05) is 39.8 Å². The third-order valence-electron chi connectivity index (χ3n) is 7.84. The zero-order valence-corrected chi connectivity index (χ0v) is 27.8. The van der Waals surface area contributed by atoms with Gasteiger partial charge in [-0.2, -0.15) is 13.2 Å². The van der Waals surface area contributed by atoms with Gasteiger partial charge < -0.3 is 9.47 Å². The fourth-order valence-corrected chi connectivity index (χ4v) is 6.68. The molecule has 2 atom stereocenters. The van der Waals surface area contributed by atoms with Crippen molar-refractivity contribution in [1.82, 2.24) is 0 Å². The summed E-state index contributed by atoms with van der Waals surface area (Å²) in [5.74, 6) is -0.294. The number of halogens is 3. The number of alkyl halides is 3. The van der Waals surface area contributed by atoms with Gasteiger partial charge in [0, 0.05) is 15.0 Å². The summed E-state index contributed by atoms with van der Waals surface area (Å²) in [6.45, 7) is 13.3. The number of hydrogen-bond donors (Lipinski definition) is 0. The maximum Gasteiger partial charge on any atom is 0.389 e. The van der Waals surface area contributed by atoms with Gasteiger partial charge in [-0.25, -0.2) is 0 Å². The predicted octanol–water partition coefficient (Wildman–Crippen LogP) is 11.2. The van der Waals surface area contributed by atoms with E-state index >= 15 is 0 Å². The highest BCUT2D eigenvalue weighted by atomic mass is 32.1. The number of carbonyl (C=O) groups excluding carboxylic acids is 1. The number of esters is 1. The van der Waals surface area contributed by atoms with Crippen molar-refractivity contribution in [2.75, 3.05) is 13.2 Å². The summed E-state index contributed by atoms with van der Waals surface area (Å²) in [4.78, 5) is 14.0. The maximum atomic E-state index is 13.6. The molecule has 0 N–H and O–H groups in total. The number of carbonyl (C=O) groups is 1. The Labute approximate surface area is 260 Å². The number of hydrogen-bond acceptors (Lipinski definition) is 4. The van der Waals surface area contributed by atoms with Crippen LogP contribution in [0.4, 0.5) is 13.2 Å². The molecule has 1 heterocycles. The number of ether oxygens (including phenoxy) is 2. The minimum absolute atomic E-state index is 0.0891. The van der Waals surface area contributed by atoms with Crippen LogP contribution in [0.25, 0.3) is 20.5 Å². The number of fused-ring (bicyclic) bond motifs is 1. The SMILES string of the molecule is CCCCCc1ccc(-c2cc3ccc(OCC(C)(COC(=O)C(CC)CC(C)(C)C)CC(F)(F)F)cc3s2)c(CC)c1. The van der Waals surface area contributed by atoms with Crippen molar-refractivity contribution in [3.05, 3.63) is 53.6 Å². The fraction of sp³-hybridized carbons (Fsp3) is 0.583. The van der Waals surface area contributed by atoms with Crippen LogP contribution in [0.1, 0.15) is 98.1 Å². The van der Waals surface area contributed by atoms with Gasteiger partial charge >= 0.3 is 12.1 Å². The van der Waals surface area contributed by atoms with Crippen LogP contribution < -0.4 is 4.74 Å². The summed E-state index contributed by atoms with van der Waals surface area (Å²) in [6.07, 6.45) is 1.34. The number of thiophene rings is 1. The van der Waals surface area contributed by atoms with E-state index < -0.39 is 24.0 Å². The molecule has 7 heteroatoms. The summed E-state index contributed by atoms with van der Waals surface area (Å²) < 4.78 is 53.2. The van der Waals surface area contributed by atoms with Crippen LogP contribution >= 0.6 is 11.3 Å². The number of benzene rings is 2. The zero-order chi connectivity index (χ0) is 31.8. The molecule has 2 aromatic carbocycles. The van der Waals surface area contributed by atoms with Gasteiger partial charge in [0.1, 0.15) is 12.4 Å². The molecule has 0 radical (unpaired) electrons. The van der Waals surface area contributed by atoms with Crippen molar-refractivity contribution >= 4 is 27.4 Å². The van der Waals surface area contributed by atoms with Gasteiger partial charge in [-0.05, 0) is 83.9 Å². The topological polar surface area (TPSA) is 35.5 Å². The smallest absolute Gasteiger partial charge is 0.389 e. The first-order chi connectivity index (χ1) is 20.1. The molecule has 0 aliphatic rings. The monoisotopic (exact) mass is 618 g/mol. The van der Waals surface area contributed by atoms with E-state index in [9.17, 15) is 18.0 Å². The van der Waals surface area contributed by atoms with Crippen molar-refractivity contribution < 1.29 is 27.4 Å². The van der Waals surface area contributed by atoms with Gasteiger partial charge in [0.25, 0.3) is 0 Å². The molecule has 0 saturated carbocycles. The molecular weight excluding hydrogens is 569 g/mol. The molecule has 2 unspecified atom stereocenters. The number of rotatable bonds is 15. The molecule has 238 valence electrons. The Kier molecular flexibility index (Phi) is 12.2. The average molecular weight is 619 g/mol. The highest BCUT2D eigenvalue weighted by Gasteiger charge is 2.41. The van der Waals surface area contributed by atoms with Crippen LogP contribution in [-0.4, -0.2) is 25.4 Å². The fourth-order valence-electron chi connectivity index (χ4n) is 5.53. The van der Waals surface area contributed by atoms with Gasteiger partial charge in [0.15, 0.2) is 0 Å². The molecule has 0 spiro atoms. The van der Waals surface area contributed by atoms with Crippen LogP contribution in [0.3, 0.4) is 0 Å². The van der Waals surface area contributed by atoms with Gasteiger partial charge in [0.2, 0.25) is 0 Å². The zero-order valence-electron chi connectivity index (χ0n) is 27.0. The molecule has 43 heavy (non-hydrogen) atoms. The lowest BCUT2D eigenvalue weighted by molar-refractivity contribution is -0.176. The second kappa shape index (κ2) is 15.0. The molecule has 3 rings (SSSR count). The predicted molar refractivity (Wildman–Crippen MR) is 173 cm³/mol. The number of unbranched alkanes of at least 4 members (excludes halogenated alkanes) is 2. The normalized spacial score (nSPS) is 14.5. The molecule has 0 saturated heterocycles. The van der Waals surface area contributed by atoms with Gasteiger partial charge in [-0.3, -0.25) is 4.79 Å². The third-order valence-corrected chi connectivity index (χ3v) is 8.97. The van der Waals surface area contributed by atoms with Crippen molar-refractivity contribution in [2.45, 2.75) is 106 Å². The minimum atomic E-state index is -4.42. The van der Waals surface area contributed by atoms with E-state index in [-0.39, 0.29) is 24.5 Å². The Bertz CT molecular complexity index is 1340. The van der Waals surface area contributed by atoms with E-state index in [0.717, 1.165) is 22.9 Å². The van der Waals surface area contributed by atoms with E-state index in [4.69, 9.17) is 9.47 Å². The molecule has 3 nitrogen and oxygen atoms in total. The Morgan fingerprint density at radius 3 is 2.30 bits per heavy atom. The first-order valence-electron chi connectivity index (χ1n) is 15.7. The first-order valence-corrected chi connectivity index (χ1v) is 16.5. The van der Waals surface area contributed by atoms with Crippen molar-refractivity contribution in [3.63, 3.8) is 0 Å². The standard InChI is InChI=1S/C36H49F3O3S/c1-8-11-12-13-25-14-17-30(26(9-2)18-25)32-19-28-15-16-29(20-31(28)43-32)41-23-35(7,22-36(37,38)39)24-42-33(40)27(10-3)21-34(4,5)6/h14-20,27H,8-13,21-24H2,1-7H3. The Hall–Kier alpha value is -2.54. The Morgan fingerprint density at radius 2 is 1.67 bits per heavy atom. The molecule has 0 aliphatic heterocycles. The molecular formula is C36H49F3O3S. The average Bonchev–Trinajstić information content (AvgIpc) is 3.35. The highest BCUT2D eigenvalue weighted by Crippen LogP contribution is 2.39. The summed E-state index contributed by atoms with van der Waals surface area (Å²) >= 11 is 1.66. The van der Waals surface area contributed by atoms with Gasteiger partial charge in [-0.1, -0.05) is 79.5 Å². The molecule has 1 aromatic heterocycles. The molecule has 3 aromatic rings. The molecule has 0 aliphatic carbocycles. The van der Waals surface area contributed by atoms with Crippen LogP contribution in [0.5, 0.6) is 5.75 Å². The van der Waals surface area contributed by atoms with E-state index in [1.165, 1.54) is 47.8 Å². The third kappa shape index (κ3) is 10.8. The van der Waals surface area contributed by atoms with E-state index in [0.29, 0.717) is 18.6 Å². The first kappa shape index (κ1) is 34.9. The van der Waals surface area contributed by atoms with Gasteiger partial charge in [0.05, 0.1) is 18.9 Å². The minimum Gasteiger partial charge on any atom is -0.493 e. The highest BCUT2D eigenvalue weighted by molar-refractivity contribution is 7.22. The van der Waals surface area contributed by atoms with Crippen LogP contribution in [0.15, 0.2) is 42.5 Å². The van der Waals surface area contributed by atoms with Gasteiger partial charge in [-0.15, -0.1) is 11.3 Å². The number of aryl methyl sites for hydroxylation is 2. The largest absolute Gasteiger partial charge is 0.493 e. The van der Waals surface area contributed by atoms with Crippen molar-refractivity contribution in [1.29, 1.82) is 0 Å². The molecule has 0 fully saturated rings. The Balaban J connectivity index is 1.75. The summed E-state index contributed by atoms with van der Waals surface area (Å²) in [5.41, 5.74) is 2.41. The van der Waals surface area contributed by atoms with Crippen molar-refractivity contribution in [2.24, 2.45) is 16.7 Å². The quantitative estimate of drug-likeness (QED) is 0.126. The second-order valence-electron chi connectivity index (χ2n) is 13.5. The van der Waals surface area contributed by atoms with E-state index in [1.54, 1.807) is 17.4 Å². The Morgan fingerprint density at radius 1 is 0.930 bits per heavy atom. The summed E-state index contributed by atoms with van der Waals surface area (Å²) in [5, 5.41) is 1.07. The van der Waals surface area contributed by atoms with Crippen LogP contribution in [-0.2, 0) is 22.4 Å². The van der Waals surface area contributed by atoms with Crippen LogP contribution in [0, 0.1) is 16.7 Å². The summed E-state index contributed by atoms with van der Waals surface area (Å²) in [6, 6.07) is 14.6. The molecule has 0 amide bonds. The lowest BCUT2D eigenvalue weighted by atomic mass is 9.83. The van der Waals surface area contributed by atoms with Crippen molar-refractivity contribution in [3.8, 4) is 16.2 Å². The lowest BCUT2D eigenvalue weighted by Crippen LogP contribution is -2.37. The lowest BCUT2D eigenvalue weighted by Gasteiger charge is -2.31. The van der Waals surface area contributed by atoms with Crippen LogP contribution in [0.2, 0.25) is 0 Å². The summed E-state index contributed by atoms with van der Waals surface area (Å²) in [7, 11) is 0. The maximum absolute atomic E-state index is 13.6. The second-order valence-corrected chi connectivity index (χ2v) is 14.6. The molecule has 0 bridgehead atoms. The van der Waals surface area contributed by atoms with E-state index in [2.05, 4.69) is 38.1 Å².